The molecule has 2 aromatic heterocycles. The van der Waals surface area contributed by atoms with E-state index >= 15 is 0 Å². The molecule has 0 saturated heterocycles. The Morgan fingerprint density at radius 2 is 0.566 bits per heavy atom. The fourth-order valence-corrected chi connectivity index (χ4v) is 16.5. The SMILES string of the molecule is CC(C)(C)c1cc(N2c3cc(-n4c5ccccc5c5ccccc54)ccc3B3c4ccc(-n5c6ccc(C(C)(C)C)cc6c6cc(C(C)(C)C)ccc65)cc4N(c4cc(C(C)(C)C)cc(C(C)(C)C)c4)c4cc(N5c6ccccc6C(C)(C)c6ccccc65)cc2c43)cc(C(C)(C)C)c1. The first kappa shape index (κ1) is 64.2. The number of hydrogen-bond donors (Lipinski definition) is 0. The van der Waals surface area contributed by atoms with Crippen LogP contribution in [-0.2, 0) is 37.9 Å². The summed E-state index contributed by atoms with van der Waals surface area (Å²) in [6.07, 6.45) is 0. The summed E-state index contributed by atoms with van der Waals surface area (Å²) in [6, 6.07) is 86.0. The summed E-state index contributed by atoms with van der Waals surface area (Å²) in [6.45, 7) is 47.2. The van der Waals surface area contributed by atoms with E-state index in [-0.39, 0.29) is 44.6 Å². The Morgan fingerprint density at radius 3 is 0.939 bits per heavy atom. The normalized spacial score (nSPS) is 14.7. The molecule has 6 heteroatoms. The van der Waals surface area contributed by atoms with Crippen LogP contribution >= 0.6 is 0 Å². The van der Waals surface area contributed by atoms with Crippen LogP contribution in [0.3, 0.4) is 0 Å². The molecule has 99 heavy (non-hydrogen) atoms. The van der Waals surface area contributed by atoms with Crippen LogP contribution in [0.15, 0.2) is 218 Å². The molecule has 0 fully saturated rings. The van der Waals surface area contributed by atoms with Gasteiger partial charge >= 0.3 is 0 Å². The van der Waals surface area contributed by atoms with E-state index in [1.54, 1.807) is 0 Å². The van der Waals surface area contributed by atoms with Gasteiger partial charge in [-0.2, -0.15) is 0 Å². The van der Waals surface area contributed by atoms with E-state index in [4.69, 9.17) is 0 Å². The smallest absolute Gasteiger partial charge is 0.252 e. The zero-order valence-corrected chi connectivity index (χ0v) is 62.1. The van der Waals surface area contributed by atoms with Crippen molar-refractivity contribution in [2.45, 2.75) is 176 Å². The quantitative estimate of drug-likeness (QED) is 0.160. The van der Waals surface area contributed by atoms with Gasteiger partial charge in [-0.25, -0.2) is 0 Å². The minimum Gasteiger partial charge on any atom is -0.311 e. The number of fused-ring (bicyclic) bond motifs is 12. The van der Waals surface area contributed by atoms with Gasteiger partial charge in [0.1, 0.15) is 0 Å². The van der Waals surface area contributed by atoms with E-state index in [2.05, 4.69) is 381 Å². The second kappa shape index (κ2) is 21.7. The minimum atomic E-state index is -0.268. The Hall–Kier alpha value is -9.52. The van der Waals surface area contributed by atoms with Crippen molar-refractivity contribution in [3.8, 4) is 11.4 Å². The van der Waals surface area contributed by atoms with Gasteiger partial charge in [-0.15, -0.1) is 0 Å². The topological polar surface area (TPSA) is 19.6 Å². The molecule has 0 aliphatic carbocycles. The Bertz CT molecular complexity index is 5270. The number of anilines is 9. The second-order valence-corrected chi connectivity index (χ2v) is 35.7. The zero-order chi connectivity index (χ0) is 69.7. The number of rotatable bonds is 5. The highest BCUT2D eigenvalue weighted by Crippen LogP contribution is 2.56. The van der Waals surface area contributed by atoms with Crippen LogP contribution in [0.5, 0.6) is 0 Å². The Morgan fingerprint density at radius 1 is 0.253 bits per heavy atom. The van der Waals surface area contributed by atoms with E-state index in [0.717, 1.165) is 28.4 Å². The molecule has 0 amide bonds. The maximum absolute atomic E-state index is 2.71. The summed E-state index contributed by atoms with van der Waals surface area (Å²) in [5.41, 5.74) is 30.8. The van der Waals surface area contributed by atoms with E-state index in [1.807, 2.05) is 0 Å². The highest BCUT2D eigenvalue weighted by molar-refractivity contribution is 7.00. The molecular weight excluding hydrogens is 1200 g/mol. The maximum Gasteiger partial charge on any atom is 0.252 e. The molecule has 0 spiro atoms. The molecule has 0 radical (unpaired) electrons. The number of nitrogens with zero attached hydrogens (tertiary/aromatic N) is 5. The van der Waals surface area contributed by atoms with E-state index in [1.165, 1.54) is 139 Å². The molecule has 0 unspecified atom stereocenters. The van der Waals surface area contributed by atoms with Crippen LogP contribution < -0.4 is 31.1 Å². The molecule has 0 bridgehead atoms. The predicted molar refractivity (Wildman–Crippen MR) is 428 cm³/mol. The van der Waals surface area contributed by atoms with Crippen LogP contribution in [0.25, 0.3) is 55.0 Å². The lowest BCUT2D eigenvalue weighted by Gasteiger charge is -2.47. The number of hydrogen-bond acceptors (Lipinski definition) is 3. The monoisotopic (exact) mass is 1290 g/mol. The van der Waals surface area contributed by atoms with Crippen molar-refractivity contribution >= 4 is 118 Å². The van der Waals surface area contributed by atoms with Crippen molar-refractivity contribution < 1.29 is 0 Å². The lowest BCUT2D eigenvalue weighted by Crippen LogP contribution is -2.61. The first-order valence-corrected chi connectivity index (χ1v) is 36.1. The standard InChI is InChI=1S/C93H96BN5/c1-87(2,3)57-37-43-78-70(51-57)71-52-58(88(4,5)6)38-44-79(71)96(78)64-40-42-75-83(54-64)99(66-49-61(91(13,14)15)46-62(50-66)92(16,17)18)85-56-67(97-80-35-27-23-31-72(80)93(19,20)73-32-24-28-36-81(73)97)55-84-86(85)94(75)74-41-39-63(95-76-33-25-21-29-68(76)69-30-22-26-34-77(69)95)53-82(74)98(84)65-47-59(89(7,8)9)45-60(48-65)90(10,11)12/h21-56H,1-20H3. The second-order valence-electron chi connectivity index (χ2n) is 35.7. The van der Waals surface area contributed by atoms with Gasteiger partial charge in [-0.1, -0.05) is 248 Å². The molecule has 496 valence electrons. The van der Waals surface area contributed by atoms with E-state index in [9.17, 15) is 0 Å². The van der Waals surface area contributed by atoms with Crippen molar-refractivity contribution in [3.63, 3.8) is 0 Å². The highest BCUT2D eigenvalue weighted by atomic mass is 15.2. The Balaban J connectivity index is 1.08. The van der Waals surface area contributed by atoms with E-state index in [0.29, 0.717) is 0 Å². The van der Waals surface area contributed by atoms with Crippen molar-refractivity contribution in [2.24, 2.45) is 0 Å². The summed E-state index contributed by atoms with van der Waals surface area (Å²) < 4.78 is 5.08. The van der Waals surface area contributed by atoms with Gasteiger partial charge in [0.25, 0.3) is 6.71 Å². The molecule has 13 aromatic rings. The van der Waals surface area contributed by atoms with Gasteiger partial charge in [-0.05, 0) is 203 Å². The van der Waals surface area contributed by atoms with Gasteiger partial charge in [0.2, 0.25) is 0 Å². The summed E-state index contributed by atoms with van der Waals surface area (Å²) in [7, 11) is 0. The average Bonchev–Trinajstić information content (AvgIpc) is 1.13. The molecule has 0 saturated carbocycles. The third-order valence-electron chi connectivity index (χ3n) is 22.3. The fraction of sp³-hybridized carbons (Fsp3) is 0.290. The average molecular weight is 1290 g/mol. The Labute approximate surface area is 588 Å². The third kappa shape index (κ3) is 10.2. The summed E-state index contributed by atoms with van der Waals surface area (Å²) in [4.78, 5) is 8.00. The van der Waals surface area contributed by atoms with E-state index < -0.39 is 0 Å². The van der Waals surface area contributed by atoms with Gasteiger partial charge < -0.3 is 23.8 Å². The van der Waals surface area contributed by atoms with Gasteiger partial charge in [0.15, 0.2) is 0 Å². The molecule has 5 heterocycles. The van der Waals surface area contributed by atoms with Crippen LogP contribution in [0.1, 0.15) is 183 Å². The molecule has 3 aliphatic heterocycles. The van der Waals surface area contributed by atoms with Crippen molar-refractivity contribution in [2.75, 3.05) is 14.7 Å². The number of para-hydroxylation sites is 4. The third-order valence-corrected chi connectivity index (χ3v) is 22.3. The molecule has 5 nitrogen and oxygen atoms in total. The van der Waals surface area contributed by atoms with Crippen molar-refractivity contribution in [1.29, 1.82) is 0 Å². The van der Waals surface area contributed by atoms with Gasteiger partial charge in [0.05, 0.1) is 39.1 Å². The number of benzene rings is 11. The minimum absolute atomic E-state index is 0.0376. The zero-order valence-electron chi connectivity index (χ0n) is 62.1. The fourth-order valence-electron chi connectivity index (χ4n) is 16.5. The lowest BCUT2D eigenvalue weighted by molar-refractivity contribution is 0.568. The summed E-state index contributed by atoms with van der Waals surface area (Å²) in [5, 5.41) is 5.05. The maximum atomic E-state index is 2.71. The van der Waals surface area contributed by atoms with Crippen molar-refractivity contribution in [3.05, 3.63) is 263 Å². The molecule has 16 rings (SSSR count). The largest absolute Gasteiger partial charge is 0.311 e. The lowest BCUT2D eigenvalue weighted by atomic mass is 9.33. The molecule has 11 aromatic carbocycles. The molecule has 0 atom stereocenters. The Kier molecular flexibility index (Phi) is 14.1. The summed E-state index contributed by atoms with van der Waals surface area (Å²) in [5.74, 6) is 0. The van der Waals surface area contributed by atoms with Crippen LogP contribution in [0.4, 0.5) is 51.2 Å². The van der Waals surface area contributed by atoms with Gasteiger partial charge in [0, 0.05) is 72.5 Å². The molecular formula is C93H96BN5. The summed E-state index contributed by atoms with van der Waals surface area (Å²) >= 11 is 0. The van der Waals surface area contributed by atoms with Crippen LogP contribution in [-0.4, -0.2) is 15.8 Å². The van der Waals surface area contributed by atoms with Gasteiger partial charge in [-0.3, -0.25) is 0 Å². The first-order valence-electron chi connectivity index (χ1n) is 36.1. The van der Waals surface area contributed by atoms with Crippen LogP contribution in [0, 0.1) is 0 Å². The number of aromatic nitrogens is 2. The molecule has 3 aliphatic rings. The highest BCUT2D eigenvalue weighted by Gasteiger charge is 2.47. The first-order chi connectivity index (χ1) is 46.6. The predicted octanol–water partition coefficient (Wildman–Crippen LogP) is 23.9. The molecule has 0 N–H and O–H groups in total. The van der Waals surface area contributed by atoms with Crippen molar-refractivity contribution in [1.82, 2.24) is 9.13 Å². The van der Waals surface area contributed by atoms with Crippen LogP contribution in [0.2, 0.25) is 0 Å².